The highest BCUT2D eigenvalue weighted by molar-refractivity contribution is 7.98. The number of benzene rings is 2. The third kappa shape index (κ3) is 5.29. The summed E-state index contributed by atoms with van der Waals surface area (Å²) in [5, 5.41) is 22.1. The van der Waals surface area contributed by atoms with Crippen LogP contribution in [0.5, 0.6) is 0 Å². The van der Waals surface area contributed by atoms with Gasteiger partial charge in [-0.05, 0) is 45.9 Å². The average molecular weight is 522 g/mol. The summed E-state index contributed by atoms with van der Waals surface area (Å²) in [6, 6.07) is 18.8. The van der Waals surface area contributed by atoms with Crippen LogP contribution in [0.3, 0.4) is 0 Å². The molecule has 1 amide bonds. The van der Waals surface area contributed by atoms with E-state index in [2.05, 4.69) is 27.6 Å². The lowest BCUT2D eigenvalue weighted by Gasteiger charge is -2.17. The molecular formula is C26H23N3O5S2. The Morgan fingerprint density at radius 3 is 2.44 bits per heavy atom. The van der Waals surface area contributed by atoms with Crippen molar-refractivity contribution < 1.29 is 23.8 Å². The molecule has 5 rings (SSSR count). The number of carbonyl (C=O) groups excluding carboxylic acids is 1. The van der Waals surface area contributed by atoms with Gasteiger partial charge in [-0.25, -0.2) is 9.59 Å². The topological polar surface area (TPSA) is 115 Å². The molecule has 0 spiro atoms. The molecule has 0 saturated heterocycles. The van der Waals surface area contributed by atoms with Gasteiger partial charge in [-0.15, -0.1) is 21.5 Å². The number of aliphatic carboxylic acids is 1. The van der Waals surface area contributed by atoms with Crippen LogP contribution in [0, 0.1) is 0 Å². The molecule has 0 saturated carbocycles. The number of carboxylic acids is 1. The fraction of sp³-hybridized carbons (Fsp3) is 0.231. The van der Waals surface area contributed by atoms with E-state index in [1.165, 1.54) is 23.1 Å². The second-order valence-corrected chi connectivity index (χ2v) is 10.2. The van der Waals surface area contributed by atoms with E-state index in [1.807, 2.05) is 53.9 Å². The third-order valence-corrected chi connectivity index (χ3v) is 7.74. The van der Waals surface area contributed by atoms with E-state index in [1.54, 1.807) is 0 Å². The zero-order chi connectivity index (χ0) is 24.9. The highest BCUT2D eigenvalue weighted by Crippen LogP contribution is 2.44. The van der Waals surface area contributed by atoms with Crippen molar-refractivity contribution in [3.63, 3.8) is 0 Å². The lowest BCUT2D eigenvalue weighted by atomic mass is 9.98. The normalized spacial score (nSPS) is 13.1. The van der Waals surface area contributed by atoms with Gasteiger partial charge in [0.05, 0.1) is 10.6 Å². The predicted molar refractivity (Wildman–Crippen MR) is 138 cm³/mol. The van der Waals surface area contributed by atoms with E-state index in [4.69, 9.17) is 9.15 Å². The van der Waals surface area contributed by atoms with E-state index in [-0.39, 0.29) is 18.9 Å². The summed E-state index contributed by atoms with van der Waals surface area (Å²) >= 11 is 2.98. The van der Waals surface area contributed by atoms with Gasteiger partial charge in [0.2, 0.25) is 5.89 Å². The number of rotatable bonds is 10. The number of nitrogens with one attached hydrogen (secondary N) is 1. The molecule has 1 aliphatic carbocycles. The van der Waals surface area contributed by atoms with E-state index in [9.17, 15) is 14.7 Å². The van der Waals surface area contributed by atoms with Gasteiger partial charge in [0, 0.05) is 5.92 Å². The van der Waals surface area contributed by atoms with Crippen molar-refractivity contribution in [3.8, 4) is 21.9 Å². The number of amides is 1. The molecule has 0 bridgehead atoms. The Bertz CT molecular complexity index is 1310. The SMILES string of the molecule is O=C(NC(CCSCc1nnc(-c2cccs2)o1)C(=O)O)OCC1c2ccccc2-c2ccccc21. The van der Waals surface area contributed by atoms with Gasteiger partial charge in [-0.2, -0.15) is 11.8 Å². The number of thioether (sulfide) groups is 1. The Kier molecular flexibility index (Phi) is 7.33. The smallest absolute Gasteiger partial charge is 0.407 e. The van der Waals surface area contributed by atoms with Crippen LogP contribution in [-0.2, 0) is 15.3 Å². The van der Waals surface area contributed by atoms with Crippen LogP contribution in [0.1, 0.15) is 29.4 Å². The molecule has 2 heterocycles. The maximum atomic E-state index is 12.5. The van der Waals surface area contributed by atoms with Gasteiger partial charge < -0.3 is 19.6 Å². The molecule has 10 heteroatoms. The van der Waals surface area contributed by atoms with Crippen LogP contribution in [0.25, 0.3) is 21.9 Å². The first kappa shape index (κ1) is 24.1. The van der Waals surface area contributed by atoms with Crippen LogP contribution >= 0.6 is 23.1 Å². The lowest BCUT2D eigenvalue weighted by Crippen LogP contribution is -2.41. The number of fused-ring (bicyclic) bond motifs is 3. The first-order chi connectivity index (χ1) is 17.6. The summed E-state index contributed by atoms with van der Waals surface area (Å²) in [7, 11) is 0. The molecule has 0 fully saturated rings. The maximum absolute atomic E-state index is 12.5. The number of hydrogen-bond acceptors (Lipinski definition) is 8. The molecule has 1 atom stereocenters. The van der Waals surface area contributed by atoms with Gasteiger partial charge >= 0.3 is 12.1 Å². The van der Waals surface area contributed by atoms with Crippen LogP contribution in [0.15, 0.2) is 70.5 Å². The number of carbonyl (C=O) groups is 2. The molecule has 0 radical (unpaired) electrons. The monoisotopic (exact) mass is 521 g/mol. The highest BCUT2D eigenvalue weighted by Gasteiger charge is 2.29. The van der Waals surface area contributed by atoms with Crippen molar-refractivity contribution in [3.05, 3.63) is 83.1 Å². The van der Waals surface area contributed by atoms with E-state index in [0.717, 1.165) is 27.1 Å². The zero-order valence-corrected chi connectivity index (χ0v) is 20.8. The van der Waals surface area contributed by atoms with Crippen LogP contribution < -0.4 is 5.32 Å². The van der Waals surface area contributed by atoms with E-state index < -0.39 is 18.1 Å². The predicted octanol–water partition coefficient (Wildman–Crippen LogP) is 5.41. The van der Waals surface area contributed by atoms with Crippen LogP contribution in [0.2, 0.25) is 0 Å². The van der Waals surface area contributed by atoms with Gasteiger partial charge in [-0.3, -0.25) is 0 Å². The molecule has 36 heavy (non-hydrogen) atoms. The first-order valence-electron chi connectivity index (χ1n) is 11.4. The standard InChI is InChI=1S/C26H23N3O5S2/c30-25(31)21(11-13-35-15-23-28-29-24(34-23)22-10-5-12-36-22)27-26(32)33-14-20-18-8-3-1-6-16(18)17-7-2-4-9-19(17)20/h1-10,12,20-21H,11,13-15H2,(H,27,32)(H,30,31). The summed E-state index contributed by atoms with van der Waals surface area (Å²) in [5.41, 5.74) is 4.46. The minimum absolute atomic E-state index is 0.0875. The summed E-state index contributed by atoms with van der Waals surface area (Å²) in [5.74, 6) is 0.686. The number of nitrogens with zero attached hydrogens (tertiary/aromatic N) is 2. The fourth-order valence-corrected chi connectivity index (χ4v) is 5.69. The minimum atomic E-state index is -1.11. The summed E-state index contributed by atoms with van der Waals surface area (Å²) in [4.78, 5) is 25.1. The Hall–Kier alpha value is -3.63. The number of thiophene rings is 1. The van der Waals surface area contributed by atoms with Crippen molar-refractivity contribution in [1.29, 1.82) is 0 Å². The summed E-state index contributed by atoms with van der Waals surface area (Å²) < 4.78 is 11.1. The molecule has 2 N–H and O–H groups in total. The third-order valence-electron chi connectivity index (χ3n) is 5.91. The Balaban J connectivity index is 1.11. The van der Waals surface area contributed by atoms with Crippen molar-refractivity contribution in [2.75, 3.05) is 12.4 Å². The Morgan fingerprint density at radius 1 is 1.06 bits per heavy atom. The summed E-state index contributed by atoms with van der Waals surface area (Å²) in [6.07, 6.45) is -0.511. The van der Waals surface area contributed by atoms with Crippen molar-refractivity contribution >= 4 is 35.2 Å². The van der Waals surface area contributed by atoms with Gasteiger partial charge in [0.1, 0.15) is 12.6 Å². The van der Waals surface area contributed by atoms with E-state index in [0.29, 0.717) is 23.3 Å². The maximum Gasteiger partial charge on any atom is 0.407 e. The molecule has 2 aromatic heterocycles. The van der Waals surface area contributed by atoms with Crippen molar-refractivity contribution in [2.24, 2.45) is 0 Å². The first-order valence-corrected chi connectivity index (χ1v) is 13.4. The Labute approximate surface area is 215 Å². The second kappa shape index (κ2) is 11.0. The second-order valence-electron chi connectivity index (χ2n) is 8.18. The molecule has 1 unspecified atom stereocenters. The fourth-order valence-electron chi connectivity index (χ4n) is 4.21. The molecule has 2 aromatic carbocycles. The van der Waals surface area contributed by atoms with Gasteiger partial charge in [-0.1, -0.05) is 54.6 Å². The number of carboxylic acid groups (broad SMARTS) is 1. The molecule has 184 valence electrons. The average Bonchev–Trinajstić information content (AvgIpc) is 3.64. The highest BCUT2D eigenvalue weighted by atomic mass is 32.2. The summed E-state index contributed by atoms with van der Waals surface area (Å²) in [6.45, 7) is 0.130. The van der Waals surface area contributed by atoms with Crippen molar-refractivity contribution in [1.82, 2.24) is 15.5 Å². The quantitative estimate of drug-likeness (QED) is 0.266. The van der Waals surface area contributed by atoms with Crippen molar-refractivity contribution in [2.45, 2.75) is 24.1 Å². The Morgan fingerprint density at radius 2 is 1.78 bits per heavy atom. The largest absolute Gasteiger partial charge is 0.480 e. The molecule has 8 nitrogen and oxygen atoms in total. The number of hydrogen-bond donors (Lipinski definition) is 2. The molecular weight excluding hydrogens is 498 g/mol. The van der Waals surface area contributed by atoms with Crippen LogP contribution in [-0.4, -0.2) is 45.8 Å². The molecule has 4 aromatic rings. The van der Waals surface area contributed by atoms with Crippen LogP contribution in [0.4, 0.5) is 4.79 Å². The van der Waals surface area contributed by atoms with Gasteiger partial charge in [0.25, 0.3) is 5.89 Å². The van der Waals surface area contributed by atoms with Gasteiger partial charge in [0.15, 0.2) is 0 Å². The van der Waals surface area contributed by atoms with E-state index >= 15 is 0 Å². The number of aromatic nitrogens is 2. The lowest BCUT2D eigenvalue weighted by molar-refractivity contribution is -0.139. The molecule has 0 aliphatic heterocycles. The molecule has 1 aliphatic rings. The number of ether oxygens (including phenoxy) is 1. The zero-order valence-electron chi connectivity index (χ0n) is 19.1. The minimum Gasteiger partial charge on any atom is -0.480 e. The number of alkyl carbamates (subject to hydrolysis) is 1.